The lowest BCUT2D eigenvalue weighted by atomic mass is 10.2. The van der Waals surface area contributed by atoms with Gasteiger partial charge in [0.25, 0.3) is 5.91 Å². The fourth-order valence-corrected chi connectivity index (χ4v) is 1.66. The van der Waals surface area contributed by atoms with Crippen LogP contribution >= 0.6 is 0 Å². The van der Waals surface area contributed by atoms with Gasteiger partial charge in [-0.2, -0.15) is 5.10 Å². The first kappa shape index (κ1) is 12.2. The van der Waals surface area contributed by atoms with Crippen molar-refractivity contribution in [3.63, 3.8) is 0 Å². The summed E-state index contributed by atoms with van der Waals surface area (Å²) >= 11 is 0. The molecule has 1 amide bonds. The minimum absolute atomic E-state index is 0.166. The van der Waals surface area contributed by atoms with Gasteiger partial charge in [0.15, 0.2) is 0 Å². The molecule has 1 aromatic carbocycles. The number of benzene rings is 1. The van der Waals surface area contributed by atoms with Crippen LogP contribution in [-0.4, -0.2) is 22.8 Å². The molecule has 0 saturated heterocycles. The van der Waals surface area contributed by atoms with E-state index in [4.69, 9.17) is 4.74 Å². The Bertz CT molecular complexity index is 558. The van der Waals surface area contributed by atoms with E-state index in [2.05, 4.69) is 10.4 Å². The van der Waals surface area contributed by atoms with Gasteiger partial charge in [0, 0.05) is 18.7 Å². The molecule has 0 bridgehead atoms. The van der Waals surface area contributed by atoms with E-state index in [0.717, 1.165) is 11.4 Å². The third-order valence-corrected chi connectivity index (χ3v) is 2.60. The van der Waals surface area contributed by atoms with E-state index in [0.29, 0.717) is 11.4 Å². The van der Waals surface area contributed by atoms with Gasteiger partial charge in [-0.25, -0.2) is 0 Å². The highest BCUT2D eigenvalue weighted by Gasteiger charge is 2.09. The Morgan fingerprint density at radius 3 is 2.50 bits per heavy atom. The van der Waals surface area contributed by atoms with Crippen molar-refractivity contribution in [2.75, 3.05) is 12.4 Å². The summed E-state index contributed by atoms with van der Waals surface area (Å²) in [4.78, 5) is 12.0. The lowest BCUT2D eigenvalue weighted by Crippen LogP contribution is -2.14. The minimum Gasteiger partial charge on any atom is -0.497 e. The Morgan fingerprint density at radius 1 is 1.33 bits per heavy atom. The van der Waals surface area contributed by atoms with E-state index in [1.807, 2.05) is 13.0 Å². The molecule has 0 aliphatic carbocycles. The maximum Gasteiger partial charge on any atom is 0.256 e. The molecular weight excluding hydrogens is 230 g/mol. The van der Waals surface area contributed by atoms with E-state index in [1.165, 1.54) is 0 Å². The smallest absolute Gasteiger partial charge is 0.256 e. The molecule has 0 unspecified atom stereocenters. The van der Waals surface area contributed by atoms with Gasteiger partial charge >= 0.3 is 0 Å². The number of carbonyl (C=O) groups is 1. The highest BCUT2D eigenvalue weighted by atomic mass is 16.5. The zero-order valence-corrected chi connectivity index (χ0v) is 10.6. The average Bonchev–Trinajstić information content (AvgIpc) is 2.68. The lowest BCUT2D eigenvalue weighted by Gasteiger charge is -2.05. The first-order chi connectivity index (χ1) is 8.60. The Labute approximate surface area is 105 Å². The van der Waals surface area contributed by atoms with Crippen molar-refractivity contribution in [2.45, 2.75) is 6.92 Å². The number of amides is 1. The summed E-state index contributed by atoms with van der Waals surface area (Å²) in [5.74, 6) is 1.23. The number of rotatable bonds is 3. The third-order valence-electron chi connectivity index (χ3n) is 2.60. The molecule has 0 radical (unpaired) electrons. The minimum atomic E-state index is -0.166. The number of hydrogen-bond acceptors (Lipinski definition) is 3. The average molecular weight is 245 g/mol. The second-order valence-electron chi connectivity index (χ2n) is 3.98. The Kier molecular flexibility index (Phi) is 3.32. The number of nitrogens with zero attached hydrogens (tertiary/aromatic N) is 2. The first-order valence-electron chi connectivity index (χ1n) is 5.56. The number of aromatic nitrogens is 2. The number of carbonyl (C=O) groups excluding carboxylic acids is 1. The standard InChI is InChI=1S/C13H15N3O2/c1-9-8-12(16(2)15-9)14-13(17)10-4-6-11(18-3)7-5-10/h4-8H,1-3H3,(H,14,17). The number of aryl methyl sites for hydroxylation is 2. The van der Waals surface area contributed by atoms with Gasteiger partial charge in [-0.1, -0.05) is 0 Å². The van der Waals surface area contributed by atoms with Gasteiger partial charge in [0.2, 0.25) is 0 Å². The molecule has 1 aromatic heterocycles. The van der Waals surface area contributed by atoms with Crippen molar-refractivity contribution in [1.82, 2.24) is 9.78 Å². The molecule has 5 heteroatoms. The van der Waals surface area contributed by atoms with Crippen LogP contribution in [0.5, 0.6) is 5.75 Å². The van der Waals surface area contributed by atoms with Gasteiger partial charge in [-0.05, 0) is 31.2 Å². The van der Waals surface area contributed by atoms with Crippen LogP contribution in [0.25, 0.3) is 0 Å². The van der Waals surface area contributed by atoms with E-state index in [-0.39, 0.29) is 5.91 Å². The molecule has 94 valence electrons. The molecule has 0 aliphatic rings. The lowest BCUT2D eigenvalue weighted by molar-refractivity contribution is 0.102. The molecule has 0 fully saturated rings. The van der Waals surface area contributed by atoms with Crippen LogP contribution in [0, 0.1) is 6.92 Å². The van der Waals surface area contributed by atoms with Crippen molar-refractivity contribution in [3.8, 4) is 5.75 Å². The largest absolute Gasteiger partial charge is 0.497 e. The molecular formula is C13H15N3O2. The maximum atomic E-state index is 12.0. The summed E-state index contributed by atoms with van der Waals surface area (Å²) in [6.07, 6.45) is 0. The number of nitrogens with one attached hydrogen (secondary N) is 1. The SMILES string of the molecule is COc1ccc(C(=O)Nc2cc(C)nn2C)cc1. The predicted molar refractivity (Wildman–Crippen MR) is 68.9 cm³/mol. The Balaban J connectivity index is 2.14. The summed E-state index contributed by atoms with van der Waals surface area (Å²) < 4.78 is 6.68. The van der Waals surface area contributed by atoms with Crippen molar-refractivity contribution >= 4 is 11.7 Å². The molecule has 0 atom stereocenters. The maximum absolute atomic E-state index is 12.0. The summed E-state index contributed by atoms with van der Waals surface area (Å²) in [5, 5.41) is 6.97. The molecule has 0 aliphatic heterocycles. The molecule has 1 N–H and O–H groups in total. The van der Waals surface area contributed by atoms with Gasteiger partial charge < -0.3 is 10.1 Å². The van der Waals surface area contributed by atoms with Crippen molar-refractivity contribution < 1.29 is 9.53 Å². The topological polar surface area (TPSA) is 56.1 Å². The molecule has 2 aromatic rings. The van der Waals surface area contributed by atoms with Gasteiger partial charge in [0.1, 0.15) is 11.6 Å². The van der Waals surface area contributed by atoms with Crippen LogP contribution in [0.3, 0.4) is 0 Å². The number of methoxy groups -OCH3 is 1. The first-order valence-corrected chi connectivity index (χ1v) is 5.56. The summed E-state index contributed by atoms with van der Waals surface area (Å²) in [5.41, 5.74) is 1.44. The van der Waals surface area contributed by atoms with Crippen molar-refractivity contribution in [2.24, 2.45) is 7.05 Å². The Morgan fingerprint density at radius 2 is 2.00 bits per heavy atom. The second kappa shape index (κ2) is 4.91. The number of anilines is 1. The van der Waals surface area contributed by atoms with E-state index < -0.39 is 0 Å². The summed E-state index contributed by atoms with van der Waals surface area (Å²) in [6, 6.07) is 8.77. The molecule has 5 nitrogen and oxygen atoms in total. The van der Waals surface area contributed by atoms with Crippen LogP contribution in [-0.2, 0) is 7.05 Å². The fraction of sp³-hybridized carbons (Fsp3) is 0.231. The summed E-state index contributed by atoms with van der Waals surface area (Å²) in [6.45, 7) is 1.88. The Hall–Kier alpha value is -2.30. The van der Waals surface area contributed by atoms with Crippen LogP contribution in [0.2, 0.25) is 0 Å². The fourth-order valence-electron chi connectivity index (χ4n) is 1.66. The highest BCUT2D eigenvalue weighted by Crippen LogP contribution is 2.14. The van der Waals surface area contributed by atoms with E-state index in [9.17, 15) is 4.79 Å². The molecule has 1 heterocycles. The van der Waals surface area contributed by atoms with Gasteiger partial charge in [-0.3, -0.25) is 9.48 Å². The molecule has 0 saturated carbocycles. The quantitative estimate of drug-likeness (QED) is 0.899. The second-order valence-corrected chi connectivity index (χ2v) is 3.98. The van der Waals surface area contributed by atoms with Crippen LogP contribution < -0.4 is 10.1 Å². The van der Waals surface area contributed by atoms with Crippen LogP contribution in [0.15, 0.2) is 30.3 Å². The predicted octanol–water partition coefficient (Wildman–Crippen LogP) is 1.99. The van der Waals surface area contributed by atoms with Crippen molar-refractivity contribution in [3.05, 3.63) is 41.6 Å². The van der Waals surface area contributed by atoms with Crippen LogP contribution in [0.1, 0.15) is 16.1 Å². The van der Waals surface area contributed by atoms with E-state index in [1.54, 1.807) is 43.1 Å². The van der Waals surface area contributed by atoms with E-state index >= 15 is 0 Å². The zero-order valence-electron chi connectivity index (χ0n) is 10.6. The molecule has 2 rings (SSSR count). The molecule has 18 heavy (non-hydrogen) atoms. The highest BCUT2D eigenvalue weighted by molar-refractivity contribution is 6.03. The van der Waals surface area contributed by atoms with Crippen molar-refractivity contribution in [1.29, 1.82) is 0 Å². The van der Waals surface area contributed by atoms with Crippen LogP contribution in [0.4, 0.5) is 5.82 Å². The zero-order chi connectivity index (χ0) is 13.1. The van der Waals surface area contributed by atoms with Gasteiger partial charge in [0.05, 0.1) is 12.8 Å². The third kappa shape index (κ3) is 2.51. The summed E-state index contributed by atoms with van der Waals surface area (Å²) in [7, 11) is 3.38. The van der Waals surface area contributed by atoms with Gasteiger partial charge in [-0.15, -0.1) is 0 Å². The number of ether oxygens (including phenoxy) is 1. The number of hydrogen-bond donors (Lipinski definition) is 1. The molecule has 0 spiro atoms. The monoisotopic (exact) mass is 245 g/mol. The normalized spacial score (nSPS) is 10.2.